The molecule has 1 saturated heterocycles. The van der Waals surface area contributed by atoms with Crippen LogP contribution in [0.25, 0.3) is 22.4 Å². The van der Waals surface area contributed by atoms with E-state index in [0.29, 0.717) is 44.9 Å². The Morgan fingerprint density at radius 1 is 1.09 bits per heavy atom. The van der Waals surface area contributed by atoms with E-state index in [-0.39, 0.29) is 10.8 Å². The minimum atomic E-state index is -3.87. The quantitative estimate of drug-likeness (QED) is 0.383. The molecule has 0 spiro atoms. The Balaban J connectivity index is 1.51. The number of rotatable bonds is 5. The summed E-state index contributed by atoms with van der Waals surface area (Å²) in [6.07, 6.45) is 1.49. The zero-order valence-electron chi connectivity index (χ0n) is 16.7. The third-order valence-electron chi connectivity index (χ3n) is 5.22. The van der Waals surface area contributed by atoms with Gasteiger partial charge in [-0.15, -0.1) is 10.2 Å². The van der Waals surface area contributed by atoms with Gasteiger partial charge in [0, 0.05) is 45.3 Å². The van der Waals surface area contributed by atoms with Gasteiger partial charge < -0.3 is 4.42 Å². The molecule has 0 bridgehead atoms. The molecule has 2 aromatic carbocycles. The van der Waals surface area contributed by atoms with Gasteiger partial charge in [-0.05, 0) is 24.3 Å². The fourth-order valence-corrected chi connectivity index (χ4v) is 6.44. The van der Waals surface area contributed by atoms with Crippen LogP contribution in [0.5, 0.6) is 0 Å². The minimum Gasteiger partial charge on any atom is -0.419 e. The zero-order valence-corrected chi connectivity index (χ0v) is 19.9. The Morgan fingerprint density at radius 3 is 2.59 bits per heavy atom. The maximum Gasteiger partial charge on any atom is 0.283 e. The summed E-state index contributed by atoms with van der Waals surface area (Å²) in [6, 6.07) is 11.6. The lowest BCUT2D eigenvalue weighted by Gasteiger charge is -2.24. The molecule has 1 aliphatic rings. The van der Waals surface area contributed by atoms with Crippen LogP contribution in [0, 0.1) is 0 Å². The topological polar surface area (TPSA) is 111 Å². The summed E-state index contributed by atoms with van der Waals surface area (Å²) >= 11 is 3.45. The van der Waals surface area contributed by atoms with Crippen LogP contribution in [0.3, 0.4) is 0 Å². The first kappa shape index (κ1) is 21.4. The molecule has 0 atom stereocenters. The van der Waals surface area contributed by atoms with Crippen LogP contribution >= 0.6 is 15.9 Å². The SMILES string of the molecule is O=S1CCN(Cc2nnc(-c3cc(Br)cc4c3cnn4S(=O)(=O)c3ccccc3)o2)CC1. The van der Waals surface area contributed by atoms with Crippen molar-refractivity contribution in [2.45, 2.75) is 11.4 Å². The summed E-state index contributed by atoms with van der Waals surface area (Å²) in [4.78, 5) is 2.27. The Kier molecular flexibility index (Phi) is 5.70. The molecule has 2 aromatic heterocycles. The van der Waals surface area contributed by atoms with Crippen LogP contribution in [0.2, 0.25) is 0 Å². The fraction of sp³-hybridized carbons (Fsp3) is 0.250. The summed E-state index contributed by atoms with van der Waals surface area (Å²) < 4.78 is 45.4. The Labute approximate surface area is 195 Å². The lowest BCUT2D eigenvalue weighted by Crippen LogP contribution is -2.37. The minimum absolute atomic E-state index is 0.147. The van der Waals surface area contributed by atoms with Crippen molar-refractivity contribution in [3.8, 4) is 11.5 Å². The third-order valence-corrected chi connectivity index (χ3v) is 8.56. The molecule has 0 saturated carbocycles. The van der Waals surface area contributed by atoms with Gasteiger partial charge in [-0.1, -0.05) is 34.1 Å². The number of hydrogen-bond acceptors (Lipinski definition) is 8. The second-order valence-electron chi connectivity index (χ2n) is 7.32. The lowest BCUT2D eigenvalue weighted by molar-refractivity contribution is 0.261. The molecule has 0 unspecified atom stereocenters. The van der Waals surface area contributed by atoms with Gasteiger partial charge >= 0.3 is 0 Å². The van der Waals surface area contributed by atoms with Crippen molar-refractivity contribution in [3.63, 3.8) is 0 Å². The largest absolute Gasteiger partial charge is 0.419 e. The number of halogens is 1. The number of nitrogens with zero attached hydrogens (tertiary/aromatic N) is 5. The maximum atomic E-state index is 13.1. The second-order valence-corrected chi connectivity index (χ2v) is 11.7. The highest BCUT2D eigenvalue weighted by Gasteiger charge is 2.24. The molecule has 12 heteroatoms. The first-order valence-electron chi connectivity index (χ1n) is 9.80. The molecular formula is C20H18BrN5O4S2. The molecule has 0 aliphatic carbocycles. The van der Waals surface area contributed by atoms with Crippen molar-refractivity contribution in [3.05, 3.63) is 59.0 Å². The Morgan fingerprint density at radius 2 is 1.84 bits per heavy atom. The average Bonchev–Trinajstić information content (AvgIpc) is 3.43. The van der Waals surface area contributed by atoms with E-state index in [9.17, 15) is 12.6 Å². The molecule has 166 valence electrons. The van der Waals surface area contributed by atoms with Crippen LogP contribution < -0.4 is 0 Å². The molecule has 1 fully saturated rings. The van der Waals surface area contributed by atoms with Gasteiger partial charge in [-0.3, -0.25) is 9.11 Å². The summed E-state index contributed by atoms with van der Waals surface area (Å²) in [7, 11) is -4.62. The number of benzene rings is 2. The fourth-order valence-electron chi connectivity index (χ4n) is 3.58. The molecule has 0 radical (unpaired) electrons. The maximum absolute atomic E-state index is 13.1. The normalized spacial score (nSPS) is 16.0. The number of hydrogen-bond donors (Lipinski definition) is 0. The van der Waals surface area contributed by atoms with E-state index in [0.717, 1.165) is 17.2 Å². The second kappa shape index (κ2) is 8.50. The van der Waals surface area contributed by atoms with E-state index in [1.807, 2.05) is 0 Å². The van der Waals surface area contributed by atoms with Gasteiger partial charge in [-0.2, -0.15) is 17.6 Å². The van der Waals surface area contributed by atoms with Crippen molar-refractivity contribution in [2.24, 2.45) is 0 Å². The smallest absolute Gasteiger partial charge is 0.283 e. The van der Waals surface area contributed by atoms with Crippen LogP contribution in [-0.2, 0) is 27.4 Å². The van der Waals surface area contributed by atoms with E-state index in [1.165, 1.54) is 18.3 Å². The van der Waals surface area contributed by atoms with E-state index >= 15 is 0 Å². The van der Waals surface area contributed by atoms with Gasteiger partial charge in [0.15, 0.2) is 0 Å². The third kappa shape index (κ3) is 4.03. The lowest BCUT2D eigenvalue weighted by atomic mass is 10.1. The van der Waals surface area contributed by atoms with Gasteiger partial charge in [0.1, 0.15) is 0 Å². The molecule has 0 amide bonds. The molecule has 5 rings (SSSR count). The van der Waals surface area contributed by atoms with Crippen molar-refractivity contribution in [2.75, 3.05) is 24.6 Å². The van der Waals surface area contributed by atoms with Crippen LogP contribution in [0.15, 0.2) is 62.4 Å². The van der Waals surface area contributed by atoms with Crippen molar-refractivity contribution in [1.29, 1.82) is 0 Å². The van der Waals surface area contributed by atoms with Crippen molar-refractivity contribution in [1.82, 2.24) is 24.3 Å². The monoisotopic (exact) mass is 535 g/mol. The van der Waals surface area contributed by atoms with Crippen LogP contribution in [0.1, 0.15) is 5.89 Å². The summed E-state index contributed by atoms with van der Waals surface area (Å²) in [5.41, 5.74) is 0.985. The van der Waals surface area contributed by atoms with Crippen molar-refractivity contribution < 1.29 is 17.0 Å². The van der Waals surface area contributed by atoms with Crippen LogP contribution in [-0.4, -0.2) is 61.5 Å². The predicted molar refractivity (Wildman–Crippen MR) is 123 cm³/mol. The summed E-state index contributed by atoms with van der Waals surface area (Å²) in [5.74, 6) is 2.01. The highest BCUT2D eigenvalue weighted by Crippen LogP contribution is 2.33. The molecule has 4 aromatic rings. The zero-order chi connectivity index (χ0) is 22.3. The highest BCUT2D eigenvalue weighted by molar-refractivity contribution is 9.10. The van der Waals surface area contributed by atoms with Gasteiger partial charge in [-0.25, -0.2) is 0 Å². The molecule has 1 aliphatic heterocycles. The molecule has 9 nitrogen and oxygen atoms in total. The van der Waals surface area contributed by atoms with Crippen LogP contribution in [0.4, 0.5) is 0 Å². The highest BCUT2D eigenvalue weighted by atomic mass is 79.9. The molecular weight excluding hydrogens is 518 g/mol. The Bertz CT molecular complexity index is 1410. The summed E-state index contributed by atoms with van der Waals surface area (Å²) in [6.45, 7) is 1.91. The number of aromatic nitrogens is 4. The molecule has 0 N–H and O–H groups in total. The van der Waals surface area contributed by atoms with E-state index < -0.39 is 20.8 Å². The first-order valence-corrected chi connectivity index (χ1v) is 13.5. The molecule has 32 heavy (non-hydrogen) atoms. The first-order chi connectivity index (χ1) is 15.4. The van der Waals surface area contributed by atoms with Gasteiger partial charge in [0.05, 0.1) is 28.7 Å². The van der Waals surface area contributed by atoms with E-state index in [1.54, 1.807) is 30.3 Å². The Hall–Kier alpha value is -2.41. The number of fused-ring (bicyclic) bond motifs is 1. The summed E-state index contributed by atoms with van der Waals surface area (Å²) in [5, 5.41) is 13.1. The van der Waals surface area contributed by atoms with Gasteiger partial charge in [0.25, 0.3) is 10.0 Å². The molecule has 3 heterocycles. The van der Waals surface area contributed by atoms with Gasteiger partial charge in [0.2, 0.25) is 11.8 Å². The van der Waals surface area contributed by atoms with Crippen molar-refractivity contribution >= 4 is 47.7 Å². The van der Waals surface area contributed by atoms with E-state index in [2.05, 4.69) is 36.1 Å². The predicted octanol–water partition coefficient (Wildman–Crippen LogP) is 2.65. The van der Waals surface area contributed by atoms with E-state index in [4.69, 9.17) is 4.42 Å². The standard InChI is InChI=1S/C20H18BrN5O4S2/c21-14-10-16(20-24-23-19(30-20)13-25-6-8-31(27)9-7-25)17-12-22-26(18(17)11-14)32(28,29)15-4-2-1-3-5-15/h1-5,10-12H,6-9,13H2. The average molecular weight is 536 g/mol.